The van der Waals surface area contributed by atoms with Gasteiger partial charge in [-0.25, -0.2) is 8.42 Å². The summed E-state index contributed by atoms with van der Waals surface area (Å²) in [7, 11) is 0.509. The Morgan fingerprint density at radius 3 is 2.43 bits per heavy atom. The third-order valence-corrected chi connectivity index (χ3v) is 6.21. The molecule has 0 saturated heterocycles. The number of nitrogens with zero attached hydrogens (tertiary/aromatic N) is 1. The molecule has 0 aromatic rings. The first-order valence-corrected chi connectivity index (χ1v) is 9.93. The number of ether oxygens (including phenoxy) is 1. The second-order valence-electron chi connectivity index (χ2n) is 6.04. The molecule has 0 aromatic heterocycles. The van der Waals surface area contributed by atoms with Crippen molar-refractivity contribution in [2.45, 2.75) is 39.0 Å². The number of guanidine groups is 1. The fraction of sp³-hybridized carbons (Fsp3) is 0.933. The molecular formula is C15H32IN3O3S. The number of hydrogen-bond acceptors (Lipinski definition) is 4. The van der Waals surface area contributed by atoms with Crippen LogP contribution < -0.4 is 10.6 Å². The Labute approximate surface area is 158 Å². The lowest BCUT2D eigenvalue weighted by Gasteiger charge is -2.29. The number of methoxy groups -OCH3 is 1. The van der Waals surface area contributed by atoms with Crippen molar-refractivity contribution in [3.63, 3.8) is 0 Å². The van der Waals surface area contributed by atoms with Crippen molar-refractivity contribution in [3.8, 4) is 0 Å². The molecule has 2 N–H and O–H groups in total. The van der Waals surface area contributed by atoms with Gasteiger partial charge in [-0.2, -0.15) is 0 Å². The van der Waals surface area contributed by atoms with Crippen molar-refractivity contribution >= 4 is 39.8 Å². The maximum Gasteiger partial charge on any atom is 0.191 e. The Balaban J connectivity index is 0.00000484. The zero-order valence-electron chi connectivity index (χ0n) is 14.6. The molecule has 0 radical (unpaired) electrons. The maximum absolute atomic E-state index is 11.5. The number of aliphatic imine (C=N–C) groups is 1. The third-order valence-electron chi connectivity index (χ3n) is 4.50. The van der Waals surface area contributed by atoms with Gasteiger partial charge in [0.2, 0.25) is 0 Å². The second kappa shape index (κ2) is 11.5. The van der Waals surface area contributed by atoms with Gasteiger partial charge in [0, 0.05) is 39.6 Å². The largest absolute Gasteiger partial charge is 0.385 e. The molecule has 1 aliphatic rings. The van der Waals surface area contributed by atoms with Crippen LogP contribution in [-0.2, 0) is 14.6 Å². The van der Waals surface area contributed by atoms with Crippen LogP contribution in [0.25, 0.3) is 0 Å². The van der Waals surface area contributed by atoms with E-state index in [1.807, 2.05) is 0 Å². The summed E-state index contributed by atoms with van der Waals surface area (Å²) in [5.74, 6) is 0.995. The summed E-state index contributed by atoms with van der Waals surface area (Å²) < 4.78 is 28.2. The van der Waals surface area contributed by atoms with Crippen LogP contribution in [0.4, 0.5) is 0 Å². The lowest BCUT2D eigenvalue weighted by atomic mass is 9.83. The average Bonchev–Trinajstić information content (AvgIpc) is 2.98. The van der Waals surface area contributed by atoms with Gasteiger partial charge < -0.3 is 15.4 Å². The highest BCUT2D eigenvalue weighted by Crippen LogP contribution is 2.40. The third kappa shape index (κ3) is 8.53. The summed E-state index contributed by atoms with van der Waals surface area (Å²) in [6.07, 6.45) is 6.02. The molecule has 0 bridgehead atoms. The van der Waals surface area contributed by atoms with Crippen LogP contribution in [0.2, 0.25) is 0 Å². The van der Waals surface area contributed by atoms with Gasteiger partial charge in [-0.3, -0.25) is 4.99 Å². The molecule has 1 saturated carbocycles. The normalized spacial score (nSPS) is 17.6. The molecule has 0 aromatic carbocycles. The highest BCUT2D eigenvalue weighted by atomic mass is 127. The maximum atomic E-state index is 11.5. The Kier molecular flexibility index (Phi) is 11.4. The lowest BCUT2D eigenvalue weighted by Crippen LogP contribution is -2.44. The molecule has 23 heavy (non-hydrogen) atoms. The Morgan fingerprint density at radius 2 is 1.91 bits per heavy atom. The molecule has 1 fully saturated rings. The summed E-state index contributed by atoms with van der Waals surface area (Å²) in [4.78, 5) is 4.17. The van der Waals surface area contributed by atoms with E-state index in [1.165, 1.54) is 25.7 Å². The fourth-order valence-electron chi connectivity index (χ4n) is 2.92. The van der Waals surface area contributed by atoms with E-state index in [-0.39, 0.29) is 40.9 Å². The summed E-state index contributed by atoms with van der Waals surface area (Å²) in [5, 5.41) is 6.44. The van der Waals surface area contributed by atoms with Crippen LogP contribution >= 0.6 is 24.0 Å². The van der Waals surface area contributed by atoms with E-state index in [1.54, 1.807) is 21.1 Å². The van der Waals surface area contributed by atoms with Gasteiger partial charge in [0.05, 0.1) is 5.75 Å². The lowest BCUT2D eigenvalue weighted by molar-refractivity contribution is 0.138. The second-order valence-corrected chi connectivity index (χ2v) is 8.51. The Hall–Kier alpha value is -0.0900. The average molecular weight is 461 g/mol. The minimum absolute atomic E-state index is 0. The SMILES string of the molecule is CCS(=O)(=O)CCNC(=NC)NCC1(CCOC)CCCC1.I. The smallest absolute Gasteiger partial charge is 0.191 e. The molecule has 8 heteroatoms. The van der Waals surface area contributed by atoms with E-state index in [0.29, 0.717) is 12.5 Å². The van der Waals surface area contributed by atoms with Crippen LogP contribution in [0.3, 0.4) is 0 Å². The molecule has 0 aliphatic heterocycles. The first kappa shape index (κ1) is 22.9. The number of halogens is 1. The van der Waals surface area contributed by atoms with Crippen LogP contribution in [0.1, 0.15) is 39.0 Å². The van der Waals surface area contributed by atoms with Gasteiger partial charge in [0.25, 0.3) is 0 Å². The van der Waals surface area contributed by atoms with Crippen molar-refractivity contribution in [1.29, 1.82) is 0 Å². The van der Waals surface area contributed by atoms with Crippen molar-refractivity contribution < 1.29 is 13.2 Å². The van der Waals surface area contributed by atoms with Crippen LogP contribution in [0.5, 0.6) is 0 Å². The molecule has 1 aliphatic carbocycles. The molecule has 0 unspecified atom stereocenters. The van der Waals surface area contributed by atoms with E-state index in [9.17, 15) is 8.42 Å². The van der Waals surface area contributed by atoms with Crippen molar-refractivity contribution in [2.24, 2.45) is 10.4 Å². The van der Waals surface area contributed by atoms with Crippen LogP contribution in [-0.4, -0.2) is 59.7 Å². The van der Waals surface area contributed by atoms with E-state index >= 15 is 0 Å². The monoisotopic (exact) mass is 461 g/mol. The van der Waals surface area contributed by atoms with Crippen molar-refractivity contribution in [2.75, 3.05) is 45.4 Å². The number of hydrogen-bond donors (Lipinski definition) is 2. The van der Waals surface area contributed by atoms with Crippen LogP contribution in [0, 0.1) is 5.41 Å². The number of rotatable bonds is 9. The van der Waals surface area contributed by atoms with Crippen LogP contribution in [0.15, 0.2) is 4.99 Å². The summed E-state index contributed by atoms with van der Waals surface area (Å²) >= 11 is 0. The quantitative estimate of drug-likeness (QED) is 0.311. The molecule has 0 spiro atoms. The Morgan fingerprint density at radius 1 is 1.26 bits per heavy atom. The van der Waals surface area contributed by atoms with E-state index in [0.717, 1.165) is 19.6 Å². The molecule has 0 amide bonds. The number of sulfone groups is 1. The Bertz CT molecular complexity index is 449. The van der Waals surface area contributed by atoms with Gasteiger partial charge >= 0.3 is 0 Å². The molecule has 138 valence electrons. The summed E-state index contributed by atoms with van der Waals surface area (Å²) in [6.45, 7) is 3.70. The summed E-state index contributed by atoms with van der Waals surface area (Å²) in [5.41, 5.74) is 0.281. The molecular weight excluding hydrogens is 429 g/mol. The summed E-state index contributed by atoms with van der Waals surface area (Å²) in [6, 6.07) is 0. The van der Waals surface area contributed by atoms with E-state index in [4.69, 9.17) is 4.74 Å². The predicted octanol–water partition coefficient (Wildman–Crippen LogP) is 1.80. The van der Waals surface area contributed by atoms with Crippen molar-refractivity contribution in [3.05, 3.63) is 0 Å². The van der Waals surface area contributed by atoms with Gasteiger partial charge in [-0.15, -0.1) is 24.0 Å². The molecule has 1 rings (SSSR count). The van der Waals surface area contributed by atoms with Gasteiger partial charge in [0.1, 0.15) is 0 Å². The first-order chi connectivity index (χ1) is 10.5. The molecule has 0 atom stereocenters. The zero-order chi connectivity index (χ0) is 16.5. The van der Waals surface area contributed by atoms with E-state index in [2.05, 4.69) is 15.6 Å². The minimum Gasteiger partial charge on any atom is -0.385 e. The fourth-order valence-corrected chi connectivity index (χ4v) is 3.62. The standard InChI is InChI=1S/C15H31N3O3S.HI/c1-4-22(19,20)12-10-17-14(16-2)18-13-15(9-11-21-3)7-5-6-8-15;/h4-13H2,1-3H3,(H2,16,17,18);1H. The molecule has 6 nitrogen and oxygen atoms in total. The topological polar surface area (TPSA) is 79.8 Å². The van der Waals surface area contributed by atoms with Crippen molar-refractivity contribution in [1.82, 2.24) is 10.6 Å². The minimum atomic E-state index is -2.94. The first-order valence-electron chi connectivity index (χ1n) is 8.11. The predicted molar refractivity (Wildman–Crippen MR) is 107 cm³/mol. The van der Waals surface area contributed by atoms with Gasteiger partial charge in [-0.05, 0) is 24.7 Å². The van der Waals surface area contributed by atoms with Gasteiger partial charge in [-0.1, -0.05) is 19.8 Å². The van der Waals surface area contributed by atoms with Gasteiger partial charge in [0.15, 0.2) is 15.8 Å². The molecule has 0 heterocycles. The number of nitrogens with one attached hydrogen (secondary N) is 2. The zero-order valence-corrected chi connectivity index (χ0v) is 17.7. The van der Waals surface area contributed by atoms with E-state index < -0.39 is 9.84 Å². The highest BCUT2D eigenvalue weighted by molar-refractivity contribution is 14.0. The highest BCUT2D eigenvalue weighted by Gasteiger charge is 2.33.